The van der Waals surface area contributed by atoms with Crippen LogP contribution in [0.1, 0.15) is 46.0 Å². The summed E-state index contributed by atoms with van der Waals surface area (Å²) in [6, 6.07) is 18.0. The van der Waals surface area contributed by atoms with Crippen molar-refractivity contribution in [3.63, 3.8) is 0 Å². The summed E-state index contributed by atoms with van der Waals surface area (Å²) in [6.45, 7) is 4.15. The summed E-state index contributed by atoms with van der Waals surface area (Å²) in [4.78, 5) is 69.1. The van der Waals surface area contributed by atoms with Crippen LogP contribution in [0.3, 0.4) is 0 Å². The van der Waals surface area contributed by atoms with E-state index < -0.39 is 36.5 Å². The molecule has 10 nitrogen and oxygen atoms in total. The standard InChI is InChI=1S/C31H30N4O6/c1-18-13-22(14-19(2)28(18)39)30(40)34-29-31(41)35(16-26(38)32-23(17-36)15-20(3)37)25-12-8-7-11-24(25)27(33-29)21-9-5-4-6-10-21/h4-14,17,23,29,39H,15-16H2,1-3H3,(H,32,38)(H,34,40)/t23-,29?/m0/s1. The number of rotatable bonds is 9. The van der Waals surface area contributed by atoms with Gasteiger partial charge in [0, 0.05) is 23.1 Å². The molecular formula is C31H30N4O6. The first-order valence-corrected chi connectivity index (χ1v) is 13.0. The number of carbonyl (C=O) groups excluding carboxylic acids is 5. The van der Waals surface area contributed by atoms with Crippen molar-refractivity contribution >= 4 is 41.2 Å². The number of aldehydes is 1. The molecule has 0 saturated carbocycles. The zero-order valence-corrected chi connectivity index (χ0v) is 22.9. The summed E-state index contributed by atoms with van der Waals surface area (Å²) >= 11 is 0. The summed E-state index contributed by atoms with van der Waals surface area (Å²) < 4.78 is 0. The van der Waals surface area contributed by atoms with Crippen molar-refractivity contribution in [2.45, 2.75) is 39.4 Å². The van der Waals surface area contributed by atoms with Crippen LogP contribution in [0.4, 0.5) is 5.69 Å². The van der Waals surface area contributed by atoms with Crippen molar-refractivity contribution in [2.24, 2.45) is 4.99 Å². The quantitative estimate of drug-likeness (QED) is 0.347. The van der Waals surface area contributed by atoms with Gasteiger partial charge in [0.15, 0.2) is 0 Å². The highest BCUT2D eigenvalue weighted by atomic mass is 16.3. The molecule has 41 heavy (non-hydrogen) atoms. The topological polar surface area (TPSA) is 145 Å². The smallest absolute Gasteiger partial charge is 0.272 e. The lowest BCUT2D eigenvalue weighted by Gasteiger charge is -2.25. The Hall–Kier alpha value is -5.12. The van der Waals surface area contributed by atoms with Crippen LogP contribution >= 0.6 is 0 Å². The van der Waals surface area contributed by atoms with Gasteiger partial charge in [-0.1, -0.05) is 48.5 Å². The number of fused-ring (bicyclic) bond motifs is 1. The lowest BCUT2D eigenvalue weighted by molar-refractivity contribution is -0.126. The maximum Gasteiger partial charge on any atom is 0.272 e. The van der Waals surface area contributed by atoms with Gasteiger partial charge in [0.1, 0.15) is 24.4 Å². The van der Waals surface area contributed by atoms with Crippen LogP contribution in [0.15, 0.2) is 71.7 Å². The van der Waals surface area contributed by atoms with Crippen LogP contribution < -0.4 is 15.5 Å². The number of nitrogens with zero attached hydrogens (tertiary/aromatic N) is 2. The Morgan fingerprint density at radius 1 is 1.02 bits per heavy atom. The zero-order chi connectivity index (χ0) is 29.7. The molecule has 10 heteroatoms. The molecule has 0 aliphatic carbocycles. The largest absolute Gasteiger partial charge is 0.507 e. The molecule has 1 unspecified atom stereocenters. The van der Waals surface area contributed by atoms with Crippen LogP contribution in [-0.2, 0) is 19.2 Å². The minimum atomic E-state index is -1.41. The minimum Gasteiger partial charge on any atom is -0.507 e. The molecule has 3 aromatic carbocycles. The van der Waals surface area contributed by atoms with Crippen LogP contribution in [-0.4, -0.2) is 59.4 Å². The number of anilines is 1. The van der Waals surface area contributed by atoms with Crippen molar-refractivity contribution in [1.82, 2.24) is 10.6 Å². The Balaban J connectivity index is 1.75. The van der Waals surface area contributed by atoms with Gasteiger partial charge in [-0.15, -0.1) is 0 Å². The lowest BCUT2D eigenvalue weighted by Crippen LogP contribution is -2.51. The predicted octanol–water partition coefficient (Wildman–Crippen LogP) is 2.61. The third-order valence-corrected chi connectivity index (χ3v) is 6.60. The Labute approximate surface area is 237 Å². The van der Waals surface area contributed by atoms with Crippen LogP contribution in [0.25, 0.3) is 0 Å². The molecule has 0 radical (unpaired) electrons. The molecule has 3 N–H and O–H groups in total. The molecule has 210 valence electrons. The van der Waals surface area contributed by atoms with Crippen molar-refractivity contribution in [3.05, 3.63) is 94.5 Å². The Morgan fingerprint density at radius 3 is 2.29 bits per heavy atom. The van der Waals surface area contributed by atoms with E-state index in [1.807, 2.05) is 30.3 Å². The van der Waals surface area contributed by atoms with Crippen LogP contribution in [0.5, 0.6) is 5.75 Å². The normalized spacial score (nSPS) is 15.2. The number of benzodiazepines with no additional fused rings is 1. The van der Waals surface area contributed by atoms with Gasteiger partial charge in [0.2, 0.25) is 12.1 Å². The monoisotopic (exact) mass is 554 g/mol. The Morgan fingerprint density at radius 2 is 1.66 bits per heavy atom. The number of Topliss-reactive ketones (excluding diaryl/α,β-unsaturated/α-hetero) is 1. The van der Waals surface area contributed by atoms with Crippen LogP contribution in [0.2, 0.25) is 0 Å². The van der Waals surface area contributed by atoms with Gasteiger partial charge in [-0.05, 0) is 50.1 Å². The Bertz CT molecular complexity index is 1530. The second-order valence-electron chi connectivity index (χ2n) is 9.84. The average molecular weight is 555 g/mol. The fraction of sp³-hybridized carbons (Fsp3) is 0.226. The molecule has 3 aromatic rings. The summed E-state index contributed by atoms with van der Waals surface area (Å²) in [7, 11) is 0. The van der Waals surface area contributed by atoms with Gasteiger partial charge in [-0.3, -0.25) is 24.1 Å². The van der Waals surface area contributed by atoms with E-state index in [0.29, 0.717) is 39.9 Å². The second kappa shape index (κ2) is 12.4. The number of phenols is 1. The molecule has 2 atom stereocenters. The zero-order valence-electron chi connectivity index (χ0n) is 22.9. The van der Waals surface area contributed by atoms with Gasteiger partial charge >= 0.3 is 0 Å². The number of phenolic OH excluding ortho intramolecular Hbond substituents is 1. The van der Waals surface area contributed by atoms with E-state index in [4.69, 9.17) is 0 Å². The number of ketones is 1. The van der Waals surface area contributed by atoms with Gasteiger partial charge < -0.3 is 20.5 Å². The maximum absolute atomic E-state index is 14.0. The predicted molar refractivity (Wildman–Crippen MR) is 153 cm³/mol. The number of benzene rings is 3. The second-order valence-corrected chi connectivity index (χ2v) is 9.84. The summed E-state index contributed by atoms with van der Waals surface area (Å²) in [5.74, 6) is -2.13. The molecule has 3 amide bonds. The minimum absolute atomic E-state index is 0.0718. The SMILES string of the molecule is CC(=O)C[C@@H](C=O)NC(=O)CN1C(=O)C(NC(=O)c2cc(C)c(O)c(C)c2)N=C(c2ccccc2)c2ccccc21. The number of amides is 3. The van der Waals surface area contributed by atoms with E-state index in [0.717, 1.165) is 0 Å². The van der Waals surface area contributed by atoms with Crippen LogP contribution in [0, 0.1) is 13.8 Å². The third-order valence-electron chi connectivity index (χ3n) is 6.60. The van der Waals surface area contributed by atoms with Crippen molar-refractivity contribution in [3.8, 4) is 5.75 Å². The van der Waals surface area contributed by atoms with Crippen molar-refractivity contribution in [1.29, 1.82) is 0 Å². The van der Waals surface area contributed by atoms with Gasteiger partial charge in [-0.2, -0.15) is 0 Å². The number of para-hydroxylation sites is 1. The summed E-state index contributed by atoms with van der Waals surface area (Å²) in [6.07, 6.45) is -1.12. The third kappa shape index (κ3) is 6.55. The molecular weight excluding hydrogens is 524 g/mol. The fourth-order valence-corrected chi connectivity index (χ4v) is 4.65. The Kier molecular flexibility index (Phi) is 8.72. The number of nitrogens with one attached hydrogen (secondary N) is 2. The van der Waals surface area contributed by atoms with E-state index in [9.17, 15) is 29.1 Å². The highest BCUT2D eigenvalue weighted by Gasteiger charge is 2.34. The van der Waals surface area contributed by atoms with Gasteiger partial charge in [-0.25, -0.2) is 4.99 Å². The lowest BCUT2D eigenvalue weighted by atomic mass is 10.0. The summed E-state index contributed by atoms with van der Waals surface area (Å²) in [5, 5.41) is 15.3. The number of hydrogen-bond acceptors (Lipinski definition) is 7. The van der Waals surface area contributed by atoms with Gasteiger partial charge in [0.05, 0.1) is 17.4 Å². The van der Waals surface area contributed by atoms with E-state index >= 15 is 0 Å². The molecule has 0 saturated heterocycles. The maximum atomic E-state index is 14.0. The van der Waals surface area contributed by atoms with E-state index in [1.54, 1.807) is 38.1 Å². The average Bonchev–Trinajstić information content (AvgIpc) is 3.06. The fourth-order valence-electron chi connectivity index (χ4n) is 4.65. The molecule has 1 aliphatic heterocycles. The number of aromatic hydroxyl groups is 1. The molecule has 0 fully saturated rings. The highest BCUT2D eigenvalue weighted by Crippen LogP contribution is 2.29. The molecule has 1 heterocycles. The molecule has 0 spiro atoms. The first-order valence-electron chi connectivity index (χ1n) is 13.0. The molecule has 0 aromatic heterocycles. The first kappa shape index (κ1) is 28.9. The molecule has 1 aliphatic rings. The van der Waals surface area contributed by atoms with Crippen molar-refractivity contribution in [2.75, 3.05) is 11.4 Å². The van der Waals surface area contributed by atoms with Crippen molar-refractivity contribution < 1.29 is 29.1 Å². The molecule has 0 bridgehead atoms. The highest BCUT2D eigenvalue weighted by molar-refractivity contribution is 6.21. The first-order chi connectivity index (χ1) is 19.6. The molecule has 4 rings (SSSR count). The number of aliphatic imine (C=N–C) groups is 1. The van der Waals surface area contributed by atoms with E-state index in [-0.39, 0.29) is 23.5 Å². The van der Waals surface area contributed by atoms with E-state index in [2.05, 4.69) is 15.6 Å². The number of hydrogen-bond donors (Lipinski definition) is 3. The van der Waals surface area contributed by atoms with Gasteiger partial charge in [0.25, 0.3) is 11.8 Å². The van der Waals surface area contributed by atoms with E-state index in [1.165, 1.54) is 24.0 Å². The summed E-state index contributed by atoms with van der Waals surface area (Å²) in [5.41, 5.74) is 3.29. The number of aryl methyl sites for hydroxylation is 2. The number of carbonyl (C=O) groups is 5.